The zero-order valence-corrected chi connectivity index (χ0v) is 18.2. The van der Waals surface area contributed by atoms with Crippen LogP contribution in [-0.2, 0) is 14.0 Å². The van der Waals surface area contributed by atoms with E-state index in [2.05, 4.69) is 5.32 Å². The summed E-state index contributed by atoms with van der Waals surface area (Å²) in [6.45, 7) is 13.3. The van der Waals surface area contributed by atoms with E-state index in [0.29, 0.717) is 5.47 Å². The van der Waals surface area contributed by atoms with Gasteiger partial charge in [0.05, 0.1) is 11.2 Å². The van der Waals surface area contributed by atoms with Gasteiger partial charge in [0.2, 0.25) is 0 Å². The average molecular weight is 409 g/mol. The second-order valence-corrected chi connectivity index (χ2v) is 9.79. The zero-order chi connectivity index (χ0) is 21.3. The molecular weight excluding hydrogens is 381 g/mol. The molecule has 154 valence electrons. The van der Waals surface area contributed by atoms with Crippen LogP contribution >= 0.6 is 11.3 Å². The van der Waals surface area contributed by atoms with Crippen molar-refractivity contribution in [2.45, 2.75) is 65.3 Å². The molecule has 2 rings (SSSR count). The van der Waals surface area contributed by atoms with Gasteiger partial charge >= 0.3 is 19.2 Å². The van der Waals surface area contributed by atoms with Gasteiger partial charge in [-0.3, -0.25) is 0 Å². The number of rotatable bonds is 5. The molecule has 1 amide bonds. The molecule has 1 aliphatic heterocycles. The van der Waals surface area contributed by atoms with Gasteiger partial charge in [-0.1, -0.05) is 0 Å². The van der Waals surface area contributed by atoms with E-state index in [1.807, 2.05) is 27.7 Å². The third-order valence-electron chi connectivity index (χ3n) is 4.56. The molecule has 2 N–H and O–H groups in total. The van der Waals surface area contributed by atoms with E-state index in [4.69, 9.17) is 19.2 Å². The lowest BCUT2D eigenvalue weighted by atomic mass is 9.77. The number of hydrogen-bond acceptors (Lipinski definition) is 6. The largest absolute Gasteiger partial charge is 0.492 e. The molecule has 0 aromatic carbocycles. The molecule has 1 saturated heterocycles. The number of nitrogens with one attached hydrogen (secondary N) is 1. The molecule has 0 bridgehead atoms. The van der Waals surface area contributed by atoms with E-state index >= 15 is 0 Å². The number of hydrogen-bond donors (Lipinski definition) is 2. The monoisotopic (exact) mass is 409 g/mol. The third-order valence-corrected chi connectivity index (χ3v) is 5.58. The number of carbonyl (C=O) groups is 2. The average Bonchev–Trinajstić information content (AvgIpc) is 3.04. The Bertz CT molecular complexity index is 762. The lowest BCUT2D eigenvalue weighted by Crippen LogP contribution is -2.41. The van der Waals surface area contributed by atoms with Crippen molar-refractivity contribution >= 4 is 36.6 Å². The van der Waals surface area contributed by atoms with Crippen molar-refractivity contribution in [3.05, 3.63) is 27.4 Å². The van der Waals surface area contributed by atoms with Crippen LogP contribution in [0.15, 0.2) is 17.6 Å². The lowest BCUT2D eigenvalue weighted by Gasteiger charge is -2.32. The van der Waals surface area contributed by atoms with Crippen molar-refractivity contribution in [2.75, 3.05) is 6.54 Å². The van der Waals surface area contributed by atoms with Crippen LogP contribution in [0.5, 0.6) is 0 Å². The lowest BCUT2D eigenvalue weighted by molar-refractivity contribution is 0.00578. The van der Waals surface area contributed by atoms with Crippen LogP contribution in [0, 0.1) is 0 Å². The second-order valence-electron chi connectivity index (χ2n) is 8.67. The van der Waals surface area contributed by atoms with Gasteiger partial charge in [-0.15, -0.1) is 11.3 Å². The Labute approximate surface area is 170 Å². The molecule has 0 spiro atoms. The summed E-state index contributed by atoms with van der Waals surface area (Å²) in [7, 11) is -0.671. The van der Waals surface area contributed by atoms with Crippen molar-refractivity contribution in [2.24, 2.45) is 0 Å². The Balaban J connectivity index is 2.24. The van der Waals surface area contributed by atoms with Gasteiger partial charge in [-0.25, -0.2) is 9.59 Å². The molecule has 0 saturated carbocycles. The fourth-order valence-corrected chi connectivity index (χ4v) is 3.24. The summed E-state index contributed by atoms with van der Waals surface area (Å²) >= 11 is 1.14. The molecular formula is C19H28BNO6S. The van der Waals surface area contributed by atoms with Gasteiger partial charge in [0.25, 0.3) is 0 Å². The topological polar surface area (TPSA) is 94.1 Å². The quantitative estimate of drug-likeness (QED) is 0.715. The number of ether oxygens (including phenoxy) is 1. The van der Waals surface area contributed by atoms with Gasteiger partial charge in [0.1, 0.15) is 10.5 Å². The van der Waals surface area contributed by atoms with Crippen LogP contribution in [0.3, 0.4) is 0 Å². The zero-order valence-electron chi connectivity index (χ0n) is 17.4. The van der Waals surface area contributed by atoms with Crippen molar-refractivity contribution in [1.29, 1.82) is 0 Å². The summed E-state index contributed by atoms with van der Waals surface area (Å²) in [6.07, 6.45) is 1.24. The molecule has 2 heterocycles. The second kappa shape index (κ2) is 7.89. The predicted octanol–water partition coefficient (Wildman–Crippen LogP) is 3.99. The van der Waals surface area contributed by atoms with Crippen LogP contribution in [0.25, 0.3) is 6.08 Å². The first-order chi connectivity index (χ1) is 12.7. The normalized spacial score (nSPS) is 18.8. The summed E-state index contributed by atoms with van der Waals surface area (Å²) in [6, 6.07) is 3.26. The first kappa shape index (κ1) is 22.5. The van der Waals surface area contributed by atoms with Crippen LogP contribution in [-0.4, -0.2) is 47.6 Å². The minimum absolute atomic E-state index is 0.145. The van der Waals surface area contributed by atoms with Gasteiger partial charge in [0, 0.05) is 11.4 Å². The van der Waals surface area contributed by atoms with E-state index < -0.39 is 36.0 Å². The number of alkyl carbamates (subject to hydrolysis) is 1. The number of carbonyl (C=O) groups excluding carboxylic acids is 1. The maximum Gasteiger partial charge on any atom is 0.492 e. The minimum Gasteiger partial charge on any atom is -0.477 e. The molecule has 1 aromatic heterocycles. The standard InChI is InChI=1S/C19H28BNO6S/c1-17(2,3)25-16(24)21-11-12(10-13-8-9-14(28-13)15(22)23)20-26-18(4,5)19(6,7)27-20/h8-10H,11H2,1-7H3,(H,21,24)(H,22,23). The number of amides is 1. The molecule has 0 unspecified atom stereocenters. The van der Waals surface area contributed by atoms with E-state index in [-0.39, 0.29) is 11.4 Å². The molecule has 0 aliphatic carbocycles. The highest BCUT2D eigenvalue weighted by Crippen LogP contribution is 2.39. The fourth-order valence-electron chi connectivity index (χ4n) is 2.41. The fraction of sp³-hybridized carbons (Fsp3) is 0.579. The first-order valence-corrected chi connectivity index (χ1v) is 9.88. The smallest absolute Gasteiger partial charge is 0.477 e. The Morgan fingerprint density at radius 2 is 1.79 bits per heavy atom. The van der Waals surface area contributed by atoms with Crippen LogP contribution in [0.1, 0.15) is 63.0 Å². The molecule has 1 fully saturated rings. The molecule has 0 atom stereocenters. The van der Waals surface area contributed by atoms with Crippen molar-refractivity contribution in [3.63, 3.8) is 0 Å². The highest BCUT2D eigenvalue weighted by Gasteiger charge is 2.52. The van der Waals surface area contributed by atoms with Crippen molar-refractivity contribution in [1.82, 2.24) is 5.32 Å². The molecule has 1 aromatic rings. The number of carboxylic acids is 1. The van der Waals surface area contributed by atoms with E-state index in [1.165, 1.54) is 0 Å². The SMILES string of the molecule is CC(C)(C)OC(=O)NCC(=Cc1ccc(C(=O)O)s1)B1OC(C)(C)C(C)(C)O1. The minimum atomic E-state index is -0.978. The van der Waals surface area contributed by atoms with Crippen molar-refractivity contribution in [3.8, 4) is 0 Å². The highest BCUT2D eigenvalue weighted by atomic mass is 32.1. The summed E-state index contributed by atoms with van der Waals surface area (Å²) in [5.41, 5.74) is -1.01. The van der Waals surface area contributed by atoms with Crippen LogP contribution in [0.2, 0.25) is 0 Å². The molecule has 9 heteroatoms. The van der Waals surface area contributed by atoms with Gasteiger partial charge in [-0.2, -0.15) is 0 Å². The summed E-state index contributed by atoms with van der Waals surface area (Å²) in [4.78, 5) is 24.2. The molecule has 28 heavy (non-hydrogen) atoms. The summed E-state index contributed by atoms with van der Waals surface area (Å²) in [5, 5.41) is 11.9. The van der Waals surface area contributed by atoms with Crippen molar-refractivity contribution < 1.29 is 28.7 Å². The number of carboxylic acid groups (broad SMARTS) is 1. The predicted molar refractivity (Wildman–Crippen MR) is 110 cm³/mol. The number of thiophene rings is 1. The summed E-state index contributed by atoms with van der Waals surface area (Å²) < 4.78 is 17.5. The summed E-state index contributed by atoms with van der Waals surface area (Å²) in [5.74, 6) is -0.978. The van der Waals surface area contributed by atoms with Gasteiger partial charge in [0.15, 0.2) is 0 Å². The Hall–Kier alpha value is -1.84. The van der Waals surface area contributed by atoms with E-state index in [0.717, 1.165) is 16.2 Å². The third kappa shape index (κ3) is 5.59. The Morgan fingerprint density at radius 3 is 2.25 bits per heavy atom. The molecule has 7 nitrogen and oxygen atoms in total. The highest BCUT2D eigenvalue weighted by molar-refractivity contribution is 7.14. The first-order valence-electron chi connectivity index (χ1n) is 9.06. The molecule has 0 radical (unpaired) electrons. The van der Waals surface area contributed by atoms with Crippen LogP contribution in [0.4, 0.5) is 4.79 Å². The maximum absolute atomic E-state index is 12.1. The Kier molecular flexibility index (Phi) is 6.32. The molecule has 1 aliphatic rings. The van der Waals surface area contributed by atoms with E-state index in [1.54, 1.807) is 39.0 Å². The van der Waals surface area contributed by atoms with Gasteiger partial charge < -0.3 is 24.5 Å². The Morgan fingerprint density at radius 1 is 1.21 bits per heavy atom. The maximum atomic E-state index is 12.1. The number of aromatic carboxylic acids is 1. The van der Waals surface area contributed by atoms with E-state index in [9.17, 15) is 9.59 Å². The van der Waals surface area contributed by atoms with Gasteiger partial charge in [-0.05, 0) is 72.1 Å². The van der Waals surface area contributed by atoms with Crippen LogP contribution < -0.4 is 5.32 Å².